The van der Waals surface area contributed by atoms with Crippen LogP contribution in [0.5, 0.6) is 5.75 Å². The van der Waals surface area contributed by atoms with Crippen molar-refractivity contribution in [3.63, 3.8) is 0 Å². The van der Waals surface area contributed by atoms with E-state index in [4.69, 9.17) is 21.5 Å². The van der Waals surface area contributed by atoms with Crippen molar-refractivity contribution in [2.75, 3.05) is 13.2 Å². The zero-order chi connectivity index (χ0) is 19.9. The highest BCUT2D eigenvalue weighted by Crippen LogP contribution is 2.27. The van der Waals surface area contributed by atoms with Crippen LogP contribution < -0.4 is 20.5 Å². The van der Waals surface area contributed by atoms with E-state index in [0.717, 1.165) is 10.0 Å². The highest BCUT2D eigenvalue weighted by Gasteiger charge is 2.07. The molecule has 0 fully saturated rings. The van der Waals surface area contributed by atoms with Crippen LogP contribution in [0.4, 0.5) is 4.79 Å². The minimum absolute atomic E-state index is 0.0292. The fourth-order valence-electron chi connectivity index (χ4n) is 2.09. The minimum atomic E-state index is -3.72. The number of sulfonamides is 1. The molecule has 7 nitrogen and oxygen atoms in total. The number of nitrogens with one attached hydrogen (secondary N) is 2. The molecule has 0 unspecified atom stereocenters. The number of primary sulfonamides is 1. The summed E-state index contributed by atoms with van der Waals surface area (Å²) in [6.07, 6.45) is 0.614. The molecule has 0 saturated heterocycles. The third-order valence-corrected chi connectivity index (χ3v) is 5.18. The molecule has 2 aromatic rings. The number of hydrogen-bond acceptors (Lipinski definition) is 4. The molecule has 0 aliphatic rings. The SMILES string of the molecule is NS(=O)(=O)c1ccc(CNC(=O)NCCCOc2ccc(Br)cc2Cl)cc1. The predicted molar refractivity (Wildman–Crippen MR) is 107 cm³/mol. The van der Waals surface area contributed by atoms with Gasteiger partial charge in [-0.15, -0.1) is 0 Å². The second-order valence-electron chi connectivity index (χ2n) is 5.58. The normalized spacial score (nSPS) is 11.1. The fraction of sp³-hybridized carbons (Fsp3) is 0.235. The van der Waals surface area contributed by atoms with Gasteiger partial charge in [-0.2, -0.15) is 0 Å². The predicted octanol–water partition coefficient (Wildman–Crippen LogP) is 3.02. The van der Waals surface area contributed by atoms with Gasteiger partial charge in [0.2, 0.25) is 10.0 Å². The van der Waals surface area contributed by atoms with Crippen molar-refractivity contribution >= 4 is 43.6 Å². The molecule has 0 radical (unpaired) electrons. The molecule has 0 bridgehead atoms. The largest absolute Gasteiger partial charge is 0.492 e. The second-order valence-corrected chi connectivity index (χ2v) is 8.46. The minimum Gasteiger partial charge on any atom is -0.492 e. The van der Waals surface area contributed by atoms with Gasteiger partial charge in [0, 0.05) is 17.6 Å². The van der Waals surface area contributed by atoms with Crippen LogP contribution in [0.25, 0.3) is 0 Å². The van der Waals surface area contributed by atoms with E-state index in [1.54, 1.807) is 24.3 Å². The van der Waals surface area contributed by atoms with Crippen molar-refractivity contribution in [1.82, 2.24) is 10.6 Å². The Morgan fingerprint density at radius 3 is 2.48 bits per heavy atom. The standard InChI is InChI=1S/C17H19BrClN3O4S/c18-13-4-7-16(15(19)10-13)26-9-1-8-21-17(23)22-11-12-2-5-14(6-3-12)27(20,24)25/h2-7,10H,1,8-9,11H2,(H2,20,24,25)(H2,21,22,23). The summed E-state index contributed by atoms with van der Waals surface area (Å²) in [6.45, 7) is 1.11. The Morgan fingerprint density at radius 2 is 1.85 bits per heavy atom. The number of urea groups is 1. The maximum atomic E-state index is 11.8. The first-order chi connectivity index (χ1) is 12.8. The van der Waals surface area contributed by atoms with Gasteiger partial charge in [-0.05, 0) is 42.3 Å². The van der Waals surface area contributed by atoms with E-state index in [1.165, 1.54) is 12.1 Å². The lowest BCUT2D eigenvalue weighted by Gasteiger charge is -2.10. The van der Waals surface area contributed by atoms with Crippen LogP contribution >= 0.6 is 27.5 Å². The van der Waals surface area contributed by atoms with Crippen molar-refractivity contribution < 1.29 is 17.9 Å². The van der Waals surface area contributed by atoms with Gasteiger partial charge < -0.3 is 15.4 Å². The molecule has 0 heterocycles. The average molecular weight is 477 g/mol. The third-order valence-electron chi connectivity index (χ3n) is 3.46. The van der Waals surface area contributed by atoms with Crippen molar-refractivity contribution in [3.05, 3.63) is 57.5 Å². The zero-order valence-corrected chi connectivity index (χ0v) is 17.4. The van der Waals surface area contributed by atoms with Crippen molar-refractivity contribution in [2.45, 2.75) is 17.9 Å². The fourth-order valence-corrected chi connectivity index (χ4v) is 3.33. The molecule has 27 heavy (non-hydrogen) atoms. The molecule has 2 amide bonds. The Hall–Kier alpha value is -1.81. The molecule has 0 aliphatic carbocycles. The van der Waals surface area contributed by atoms with E-state index in [0.29, 0.717) is 30.3 Å². The molecular formula is C17H19BrClN3O4S. The monoisotopic (exact) mass is 475 g/mol. The lowest BCUT2D eigenvalue weighted by atomic mass is 10.2. The van der Waals surface area contributed by atoms with Crippen LogP contribution in [0, 0.1) is 0 Å². The van der Waals surface area contributed by atoms with Crippen LogP contribution in [0.2, 0.25) is 5.02 Å². The van der Waals surface area contributed by atoms with Crippen molar-refractivity contribution in [2.24, 2.45) is 5.14 Å². The number of amides is 2. The first kappa shape index (κ1) is 21.5. The summed E-state index contributed by atoms with van der Waals surface area (Å²) in [6, 6.07) is 11.0. The summed E-state index contributed by atoms with van der Waals surface area (Å²) in [4.78, 5) is 11.8. The van der Waals surface area contributed by atoms with Gasteiger partial charge in [-0.25, -0.2) is 18.4 Å². The van der Waals surface area contributed by atoms with E-state index in [9.17, 15) is 13.2 Å². The smallest absolute Gasteiger partial charge is 0.315 e. The highest BCUT2D eigenvalue weighted by molar-refractivity contribution is 9.10. The van der Waals surface area contributed by atoms with Gasteiger partial charge in [0.15, 0.2) is 0 Å². The molecule has 0 aromatic heterocycles. The third kappa shape index (κ3) is 7.37. The van der Waals surface area contributed by atoms with Gasteiger partial charge in [0.25, 0.3) is 0 Å². The Bertz CT molecular complexity index is 892. The lowest BCUT2D eigenvalue weighted by molar-refractivity contribution is 0.238. The van der Waals surface area contributed by atoms with E-state index >= 15 is 0 Å². The van der Waals surface area contributed by atoms with Gasteiger partial charge >= 0.3 is 6.03 Å². The van der Waals surface area contributed by atoms with Gasteiger partial charge in [-0.1, -0.05) is 39.7 Å². The molecular weight excluding hydrogens is 458 g/mol. The number of nitrogens with two attached hydrogens (primary N) is 1. The van der Waals surface area contributed by atoms with E-state index < -0.39 is 10.0 Å². The number of halogens is 2. The van der Waals surface area contributed by atoms with Crippen LogP contribution in [0.3, 0.4) is 0 Å². The Morgan fingerprint density at radius 1 is 1.15 bits per heavy atom. The van der Waals surface area contributed by atoms with E-state index in [1.807, 2.05) is 6.07 Å². The van der Waals surface area contributed by atoms with Crippen LogP contribution in [0.1, 0.15) is 12.0 Å². The Kier molecular flexibility index (Phi) is 7.91. The molecule has 4 N–H and O–H groups in total. The number of ether oxygens (including phenoxy) is 1. The first-order valence-electron chi connectivity index (χ1n) is 7.97. The van der Waals surface area contributed by atoms with Crippen LogP contribution in [0.15, 0.2) is 51.8 Å². The van der Waals surface area contributed by atoms with Crippen LogP contribution in [-0.2, 0) is 16.6 Å². The highest BCUT2D eigenvalue weighted by atomic mass is 79.9. The summed E-state index contributed by atoms with van der Waals surface area (Å²) in [5.74, 6) is 0.590. The van der Waals surface area contributed by atoms with Gasteiger partial charge in [0.1, 0.15) is 5.75 Å². The average Bonchev–Trinajstić information content (AvgIpc) is 2.61. The van der Waals surface area contributed by atoms with Crippen molar-refractivity contribution in [1.29, 1.82) is 0 Å². The summed E-state index contributed by atoms with van der Waals surface area (Å²) in [5.41, 5.74) is 0.755. The molecule has 10 heteroatoms. The number of carbonyl (C=O) groups excluding carboxylic acids is 1. The number of carbonyl (C=O) groups is 1. The summed E-state index contributed by atoms with van der Waals surface area (Å²) >= 11 is 9.37. The molecule has 2 rings (SSSR count). The van der Waals surface area contributed by atoms with Gasteiger partial charge in [0.05, 0.1) is 16.5 Å². The maximum Gasteiger partial charge on any atom is 0.315 e. The molecule has 2 aromatic carbocycles. The topological polar surface area (TPSA) is 111 Å². The molecule has 0 atom stereocenters. The molecule has 0 spiro atoms. The van der Waals surface area contributed by atoms with E-state index in [-0.39, 0.29) is 17.5 Å². The molecule has 146 valence electrons. The first-order valence-corrected chi connectivity index (χ1v) is 10.7. The zero-order valence-electron chi connectivity index (χ0n) is 14.2. The number of benzene rings is 2. The number of hydrogen-bond donors (Lipinski definition) is 3. The van der Waals surface area contributed by atoms with Crippen LogP contribution in [-0.4, -0.2) is 27.6 Å². The van der Waals surface area contributed by atoms with Gasteiger partial charge in [-0.3, -0.25) is 0 Å². The van der Waals surface area contributed by atoms with Crippen molar-refractivity contribution in [3.8, 4) is 5.75 Å². The molecule has 0 saturated carbocycles. The Balaban J connectivity index is 1.65. The summed E-state index contributed by atoms with van der Waals surface area (Å²) in [7, 11) is -3.72. The quantitative estimate of drug-likeness (QED) is 0.509. The second kappa shape index (κ2) is 9.93. The number of rotatable bonds is 8. The Labute approximate surface area is 171 Å². The van der Waals surface area contributed by atoms with E-state index in [2.05, 4.69) is 26.6 Å². The summed E-state index contributed by atoms with van der Waals surface area (Å²) in [5, 5.41) is 10.9. The lowest BCUT2D eigenvalue weighted by Crippen LogP contribution is -2.36. The maximum absolute atomic E-state index is 11.8. The molecule has 0 aliphatic heterocycles. The summed E-state index contributed by atoms with van der Waals surface area (Å²) < 4.78 is 28.8.